The SMILES string of the molecule is CCN1CCCC1CNC(N)=NCc1csc(Br)c1. The zero-order chi connectivity index (χ0) is 13.7. The Hall–Kier alpha value is -0.590. The molecule has 1 aromatic heterocycles. The fourth-order valence-corrected chi connectivity index (χ4v) is 3.63. The van der Waals surface area contributed by atoms with Gasteiger partial charge in [-0.2, -0.15) is 0 Å². The van der Waals surface area contributed by atoms with Crippen molar-refractivity contribution in [2.75, 3.05) is 19.6 Å². The lowest BCUT2D eigenvalue weighted by Gasteiger charge is -2.23. The molecule has 0 saturated carbocycles. The normalized spacial score (nSPS) is 20.9. The fraction of sp³-hybridized carbons (Fsp3) is 0.615. The number of hydrogen-bond donors (Lipinski definition) is 2. The van der Waals surface area contributed by atoms with E-state index in [9.17, 15) is 0 Å². The van der Waals surface area contributed by atoms with E-state index in [4.69, 9.17) is 5.73 Å². The van der Waals surface area contributed by atoms with Crippen LogP contribution in [-0.4, -0.2) is 36.5 Å². The quantitative estimate of drug-likeness (QED) is 0.637. The van der Waals surface area contributed by atoms with E-state index < -0.39 is 0 Å². The van der Waals surface area contributed by atoms with Gasteiger partial charge in [0.1, 0.15) is 0 Å². The van der Waals surface area contributed by atoms with Gasteiger partial charge in [-0.1, -0.05) is 6.92 Å². The number of likely N-dealkylation sites (N-methyl/N-ethyl adjacent to an activating group) is 1. The van der Waals surface area contributed by atoms with Crippen LogP contribution in [0.25, 0.3) is 0 Å². The molecule has 2 heterocycles. The Labute approximate surface area is 127 Å². The first kappa shape index (κ1) is 14.8. The molecule has 0 bridgehead atoms. The van der Waals surface area contributed by atoms with E-state index in [-0.39, 0.29) is 0 Å². The van der Waals surface area contributed by atoms with Crippen LogP contribution >= 0.6 is 27.3 Å². The van der Waals surface area contributed by atoms with E-state index in [1.165, 1.54) is 24.9 Å². The number of nitrogens with zero attached hydrogens (tertiary/aromatic N) is 2. The maximum absolute atomic E-state index is 5.91. The van der Waals surface area contributed by atoms with Crippen molar-refractivity contribution in [3.05, 3.63) is 20.8 Å². The van der Waals surface area contributed by atoms with Gasteiger partial charge in [0.15, 0.2) is 5.96 Å². The smallest absolute Gasteiger partial charge is 0.188 e. The van der Waals surface area contributed by atoms with Gasteiger partial charge in [0.05, 0.1) is 10.3 Å². The van der Waals surface area contributed by atoms with Gasteiger partial charge in [0, 0.05) is 12.6 Å². The summed E-state index contributed by atoms with van der Waals surface area (Å²) in [6, 6.07) is 2.69. The molecule has 1 fully saturated rings. The van der Waals surface area contributed by atoms with Crippen molar-refractivity contribution in [2.24, 2.45) is 10.7 Å². The molecule has 1 saturated heterocycles. The Morgan fingerprint density at radius 2 is 2.53 bits per heavy atom. The molecule has 0 radical (unpaired) electrons. The summed E-state index contributed by atoms with van der Waals surface area (Å²) in [5, 5.41) is 5.34. The summed E-state index contributed by atoms with van der Waals surface area (Å²) >= 11 is 5.12. The van der Waals surface area contributed by atoms with Crippen molar-refractivity contribution in [3.8, 4) is 0 Å². The highest BCUT2D eigenvalue weighted by molar-refractivity contribution is 9.11. The molecule has 6 heteroatoms. The number of rotatable bonds is 5. The molecule has 0 spiro atoms. The van der Waals surface area contributed by atoms with Gasteiger partial charge in [-0.3, -0.25) is 4.90 Å². The third-order valence-electron chi connectivity index (χ3n) is 3.48. The third-order valence-corrected chi connectivity index (χ3v) is 5.03. The Kier molecular flexibility index (Phi) is 5.66. The summed E-state index contributed by atoms with van der Waals surface area (Å²) in [5.74, 6) is 0.547. The van der Waals surface area contributed by atoms with Crippen LogP contribution < -0.4 is 11.1 Å². The molecule has 19 heavy (non-hydrogen) atoms. The topological polar surface area (TPSA) is 53.6 Å². The molecule has 3 N–H and O–H groups in total. The molecule has 0 aromatic carbocycles. The molecule has 106 valence electrons. The van der Waals surface area contributed by atoms with Crippen LogP contribution in [0.1, 0.15) is 25.3 Å². The molecule has 1 aliphatic rings. The minimum atomic E-state index is 0.547. The van der Waals surface area contributed by atoms with Crippen LogP contribution in [-0.2, 0) is 6.54 Å². The Morgan fingerprint density at radius 1 is 1.68 bits per heavy atom. The van der Waals surface area contributed by atoms with Gasteiger partial charge in [0.2, 0.25) is 0 Å². The molecule has 1 aromatic rings. The molecular weight excluding hydrogens is 324 g/mol. The largest absolute Gasteiger partial charge is 0.370 e. The number of hydrogen-bond acceptors (Lipinski definition) is 3. The second-order valence-corrected chi connectivity index (χ2v) is 7.06. The van der Waals surface area contributed by atoms with Gasteiger partial charge < -0.3 is 11.1 Å². The van der Waals surface area contributed by atoms with Gasteiger partial charge >= 0.3 is 0 Å². The fourth-order valence-electron chi connectivity index (χ4n) is 2.43. The molecule has 1 atom stereocenters. The minimum Gasteiger partial charge on any atom is -0.370 e. The number of nitrogens with one attached hydrogen (secondary N) is 1. The van der Waals surface area contributed by atoms with Crippen LogP contribution in [0.4, 0.5) is 0 Å². The zero-order valence-electron chi connectivity index (χ0n) is 11.2. The zero-order valence-corrected chi connectivity index (χ0v) is 13.6. The number of aliphatic imine (C=N–C) groups is 1. The van der Waals surface area contributed by atoms with Gasteiger partial charge in [-0.25, -0.2) is 4.99 Å². The van der Waals surface area contributed by atoms with Crippen LogP contribution in [0.3, 0.4) is 0 Å². The maximum Gasteiger partial charge on any atom is 0.188 e. The Morgan fingerprint density at radius 3 is 3.21 bits per heavy atom. The van der Waals surface area contributed by atoms with E-state index in [1.807, 2.05) is 0 Å². The van der Waals surface area contributed by atoms with E-state index in [1.54, 1.807) is 11.3 Å². The summed E-state index contributed by atoms with van der Waals surface area (Å²) in [6.07, 6.45) is 2.55. The van der Waals surface area contributed by atoms with Crippen molar-refractivity contribution in [3.63, 3.8) is 0 Å². The van der Waals surface area contributed by atoms with Crippen molar-refractivity contribution in [1.29, 1.82) is 0 Å². The van der Waals surface area contributed by atoms with E-state index in [0.29, 0.717) is 18.5 Å². The standard InChI is InChI=1S/C13H21BrN4S/c1-2-18-5-3-4-11(18)8-17-13(15)16-7-10-6-12(14)19-9-10/h6,9,11H,2-5,7-8H2,1H3,(H3,15,16,17). The first-order valence-electron chi connectivity index (χ1n) is 6.69. The average molecular weight is 345 g/mol. The summed E-state index contributed by atoms with van der Waals surface area (Å²) in [4.78, 5) is 6.87. The predicted molar refractivity (Wildman–Crippen MR) is 85.6 cm³/mol. The lowest BCUT2D eigenvalue weighted by atomic mass is 10.2. The number of likely N-dealkylation sites (tertiary alicyclic amines) is 1. The van der Waals surface area contributed by atoms with Crippen LogP contribution in [0.5, 0.6) is 0 Å². The highest BCUT2D eigenvalue weighted by Crippen LogP contribution is 2.21. The lowest BCUT2D eigenvalue weighted by molar-refractivity contribution is 0.267. The minimum absolute atomic E-state index is 0.547. The van der Waals surface area contributed by atoms with Gasteiger partial charge in [-0.15, -0.1) is 11.3 Å². The number of nitrogens with two attached hydrogens (primary N) is 1. The Bertz CT molecular complexity index is 432. The third kappa shape index (κ3) is 4.47. The molecule has 0 amide bonds. The molecular formula is C13H21BrN4S. The summed E-state index contributed by atoms with van der Waals surface area (Å²) in [5.41, 5.74) is 7.10. The number of halogens is 1. The summed E-state index contributed by atoms with van der Waals surface area (Å²) in [7, 11) is 0. The first-order valence-corrected chi connectivity index (χ1v) is 8.37. The molecule has 0 aliphatic carbocycles. The van der Waals surface area contributed by atoms with E-state index >= 15 is 0 Å². The van der Waals surface area contributed by atoms with Gasteiger partial charge in [-0.05, 0) is 58.9 Å². The second kappa shape index (κ2) is 7.26. The first-order chi connectivity index (χ1) is 9.19. The van der Waals surface area contributed by atoms with Crippen molar-refractivity contribution in [2.45, 2.75) is 32.4 Å². The van der Waals surface area contributed by atoms with E-state index in [2.05, 4.69) is 49.5 Å². The van der Waals surface area contributed by atoms with E-state index in [0.717, 1.165) is 16.9 Å². The van der Waals surface area contributed by atoms with Crippen LogP contribution in [0.15, 0.2) is 20.2 Å². The van der Waals surface area contributed by atoms with Crippen molar-refractivity contribution in [1.82, 2.24) is 10.2 Å². The monoisotopic (exact) mass is 344 g/mol. The highest BCUT2D eigenvalue weighted by Gasteiger charge is 2.22. The summed E-state index contributed by atoms with van der Waals surface area (Å²) in [6.45, 7) is 6.08. The Balaban J connectivity index is 1.76. The predicted octanol–water partition coefficient (Wildman–Crippen LogP) is 2.40. The van der Waals surface area contributed by atoms with Crippen LogP contribution in [0, 0.1) is 0 Å². The van der Waals surface area contributed by atoms with Crippen LogP contribution in [0.2, 0.25) is 0 Å². The lowest BCUT2D eigenvalue weighted by Crippen LogP contribution is -2.42. The number of thiophene rings is 1. The second-order valence-electron chi connectivity index (χ2n) is 4.77. The van der Waals surface area contributed by atoms with Crippen molar-refractivity contribution >= 4 is 33.2 Å². The summed E-state index contributed by atoms with van der Waals surface area (Å²) < 4.78 is 1.13. The molecule has 1 aliphatic heterocycles. The molecule has 4 nitrogen and oxygen atoms in total. The number of guanidine groups is 1. The highest BCUT2D eigenvalue weighted by atomic mass is 79.9. The molecule has 1 unspecified atom stereocenters. The average Bonchev–Trinajstić information content (AvgIpc) is 3.02. The maximum atomic E-state index is 5.91. The van der Waals surface area contributed by atoms with Crippen molar-refractivity contribution < 1.29 is 0 Å². The molecule has 2 rings (SSSR count). The van der Waals surface area contributed by atoms with Gasteiger partial charge in [0.25, 0.3) is 0 Å².